The van der Waals surface area contributed by atoms with Gasteiger partial charge in [0, 0.05) is 32.7 Å². The van der Waals surface area contributed by atoms with E-state index < -0.39 is 0 Å². The van der Waals surface area contributed by atoms with E-state index in [9.17, 15) is 4.79 Å². The highest BCUT2D eigenvalue weighted by atomic mass is 16.5. The smallest absolute Gasteiger partial charge is 0.315 e. The molecule has 1 aliphatic heterocycles. The summed E-state index contributed by atoms with van der Waals surface area (Å²) < 4.78 is 7.20. The van der Waals surface area contributed by atoms with Crippen molar-refractivity contribution in [1.29, 1.82) is 0 Å². The standard InChI is InChI=1S/C23H28N6O2/c30-23(25-13-19-4-3-5-20(12-19)15-29-18-24-17-27-29)26-14-21-6-1-2-7-22(21)16-28-8-10-31-11-9-28/h1-7,12,17-18H,8-11,13-16H2,(H2,25,26,30). The van der Waals surface area contributed by atoms with Crippen molar-refractivity contribution in [2.45, 2.75) is 26.2 Å². The van der Waals surface area contributed by atoms with E-state index >= 15 is 0 Å². The molecule has 4 rings (SSSR count). The van der Waals surface area contributed by atoms with Gasteiger partial charge in [-0.15, -0.1) is 0 Å². The summed E-state index contributed by atoms with van der Waals surface area (Å²) in [6, 6.07) is 16.2. The highest BCUT2D eigenvalue weighted by molar-refractivity contribution is 5.73. The van der Waals surface area contributed by atoms with E-state index in [1.165, 1.54) is 11.9 Å². The summed E-state index contributed by atoms with van der Waals surface area (Å²) in [5, 5.41) is 10.1. The summed E-state index contributed by atoms with van der Waals surface area (Å²) in [4.78, 5) is 18.7. The Hall–Kier alpha value is -3.23. The Balaban J connectivity index is 1.26. The molecule has 8 heteroatoms. The number of ether oxygens (including phenoxy) is 1. The van der Waals surface area contributed by atoms with Crippen molar-refractivity contribution in [3.05, 3.63) is 83.4 Å². The lowest BCUT2D eigenvalue weighted by molar-refractivity contribution is 0.0341. The zero-order valence-electron chi connectivity index (χ0n) is 17.5. The van der Waals surface area contributed by atoms with Crippen LogP contribution in [-0.4, -0.2) is 52.0 Å². The molecular formula is C23H28N6O2. The van der Waals surface area contributed by atoms with Gasteiger partial charge in [-0.2, -0.15) is 5.10 Å². The highest BCUT2D eigenvalue weighted by Crippen LogP contribution is 2.13. The Morgan fingerprint density at radius 3 is 2.52 bits per heavy atom. The maximum absolute atomic E-state index is 12.4. The van der Waals surface area contributed by atoms with E-state index in [1.807, 2.05) is 30.3 Å². The van der Waals surface area contributed by atoms with Crippen molar-refractivity contribution in [2.24, 2.45) is 0 Å². The number of hydrogen-bond acceptors (Lipinski definition) is 5. The predicted molar refractivity (Wildman–Crippen MR) is 117 cm³/mol. The first-order chi connectivity index (χ1) is 15.3. The SMILES string of the molecule is O=C(NCc1cccc(Cn2cncn2)c1)NCc1ccccc1CN1CCOCC1. The van der Waals surface area contributed by atoms with Crippen LogP contribution in [0.3, 0.4) is 0 Å². The van der Waals surface area contributed by atoms with Crippen molar-refractivity contribution >= 4 is 6.03 Å². The Labute approximate surface area is 182 Å². The van der Waals surface area contributed by atoms with Crippen LogP contribution in [0.5, 0.6) is 0 Å². The van der Waals surface area contributed by atoms with Gasteiger partial charge in [-0.05, 0) is 22.3 Å². The van der Waals surface area contributed by atoms with Crippen LogP contribution >= 0.6 is 0 Å². The first kappa shape index (κ1) is 21.0. The molecular weight excluding hydrogens is 392 g/mol. The zero-order chi connectivity index (χ0) is 21.3. The molecule has 8 nitrogen and oxygen atoms in total. The summed E-state index contributed by atoms with van der Waals surface area (Å²) in [6.07, 6.45) is 3.21. The van der Waals surface area contributed by atoms with Gasteiger partial charge in [0.25, 0.3) is 0 Å². The van der Waals surface area contributed by atoms with Crippen LogP contribution in [0.1, 0.15) is 22.3 Å². The largest absolute Gasteiger partial charge is 0.379 e. The molecule has 1 aromatic heterocycles. The number of morpholine rings is 1. The van der Waals surface area contributed by atoms with Crippen molar-refractivity contribution in [1.82, 2.24) is 30.3 Å². The number of benzene rings is 2. The molecule has 3 aromatic rings. The van der Waals surface area contributed by atoms with Gasteiger partial charge in [-0.3, -0.25) is 4.90 Å². The van der Waals surface area contributed by atoms with Gasteiger partial charge in [0.1, 0.15) is 12.7 Å². The first-order valence-electron chi connectivity index (χ1n) is 10.5. The number of rotatable bonds is 8. The number of urea groups is 1. The van der Waals surface area contributed by atoms with Crippen LogP contribution in [0.15, 0.2) is 61.2 Å². The molecule has 0 saturated carbocycles. The predicted octanol–water partition coefficient (Wildman–Crippen LogP) is 2.16. The lowest BCUT2D eigenvalue weighted by Crippen LogP contribution is -2.37. The molecule has 2 amide bonds. The number of aromatic nitrogens is 3. The second-order valence-electron chi connectivity index (χ2n) is 7.61. The minimum absolute atomic E-state index is 0.178. The van der Waals surface area contributed by atoms with Crippen LogP contribution in [0.2, 0.25) is 0 Å². The molecule has 2 aromatic carbocycles. The van der Waals surface area contributed by atoms with E-state index in [-0.39, 0.29) is 6.03 Å². The maximum atomic E-state index is 12.4. The van der Waals surface area contributed by atoms with Crippen LogP contribution in [0.4, 0.5) is 4.79 Å². The van der Waals surface area contributed by atoms with Gasteiger partial charge >= 0.3 is 6.03 Å². The summed E-state index contributed by atoms with van der Waals surface area (Å²) >= 11 is 0. The third-order valence-corrected chi connectivity index (χ3v) is 5.31. The van der Waals surface area contributed by atoms with E-state index in [1.54, 1.807) is 11.0 Å². The quantitative estimate of drug-likeness (QED) is 0.583. The van der Waals surface area contributed by atoms with Crippen LogP contribution in [0, 0.1) is 0 Å². The van der Waals surface area contributed by atoms with Crippen molar-refractivity contribution in [3.63, 3.8) is 0 Å². The van der Waals surface area contributed by atoms with Gasteiger partial charge in [-0.25, -0.2) is 14.5 Å². The van der Waals surface area contributed by atoms with Gasteiger partial charge in [-0.1, -0.05) is 48.5 Å². The molecule has 0 bridgehead atoms. The number of carbonyl (C=O) groups is 1. The fraction of sp³-hybridized carbons (Fsp3) is 0.348. The Kier molecular flexibility index (Phi) is 7.25. The molecule has 0 aliphatic carbocycles. The fourth-order valence-electron chi connectivity index (χ4n) is 3.64. The lowest BCUT2D eigenvalue weighted by Gasteiger charge is -2.27. The average molecular weight is 421 g/mol. The molecule has 1 saturated heterocycles. The van der Waals surface area contributed by atoms with Gasteiger partial charge in [0.2, 0.25) is 0 Å². The third kappa shape index (κ3) is 6.37. The Bertz CT molecular complexity index is 970. The maximum Gasteiger partial charge on any atom is 0.315 e. The van der Waals surface area contributed by atoms with Crippen LogP contribution in [0.25, 0.3) is 0 Å². The Morgan fingerprint density at radius 1 is 0.935 bits per heavy atom. The normalized spacial score (nSPS) is 14.3. The molecule has 0 spiro atoms. The molecule has 2 N–H and O–H groups in total. The average Bonchev–Trinajstić information content (AvgIpc) is 3.31. The molecule has 0 unspecified atom stereocenters. The first-order valence-corrected chi connectivity index (χ1v) is 10.5. The monoisotopic (exact) mass is 420 g/mol. The minimum atomic E-state index is -0.178. The number of amides is 2. The van der Waals surface area contributed by atoms with E-state index in [0.717, 1.165) is 49.5 Å². The topological polar surface area (TPSA) is 84.3 Å². The molecule has 2 heterocycles. The molecule has 162 valence electrons. The summed E-state index contributed by atoms with van der Waals surface area (Å²) in [7, 11) is 0. The molecule has 31 heavy (non-hydrogen) atoms. The van der Waals surface area contributed by atoms with Crippen LogP contribution in [-0.2, 0) is 30.9 Å². The number of nitrogens with one attached hydrogen (secondary N) is 2. The number of nitrogens with zero attached hydrogens (tertiary/aromatic N) is 4. The fourth-order valence-corrected chi connectivity index (χ4v) is 3.64. The number of hydrogen-bond donors (Lipinski definition) is 2. The van der Waals surface area contributed by atoms with E-state index in [4.69, 9.17) is 4.74 Å². The lowest BCUT2D eigenvalue weighted by atomic mass is 10.1. The van der Waals surface area contributed by atoms with Gasteiger partial charge < -0.3 is 15.4 Å². The molecule has 1 aliphatic rings. The highest BCUT2D eigenvalue weighted by Gasteiger charge is 2.13. The second-order valence-corrected chi connectivity index (χ2v) is 7.61. The third-order valence-electron chi connectivity index (χ3n) is 5.31. The molecule has 0 atom stereocenters. The van der Waals surface area contributed by atoms with Crippen molar-refractivity contribution in [3.8, 4) is 0 Å². The summed E-state index contributed by atoms with van der Waals surface area (Å²) in [5.41, 5.74) is 4.53. The molecule has 0 radical (unpaired) electrons. The summed E-state index contributed by atoms with van der Waals surface area (Å²) in [6.45, 7) is 5.94. The minimum Gasteiger partial charge on any atom is -0.379 e. The second kappa shape index (κ2) is 10.7. The van der Waals surface area contributed by atoms with Gasteiger partial charge in [0.05, 0.1) is 19.8 Å². The van der Waals surface area contributed by atoms with Crippen molar-refractivity contribution < 1.29 is 9.53 Å². The van der Waals surface area contributed by atoms with E-state index in [0.29, 0.717) is 19.6 Å². The Morgan fingerprint density at radius 2 is 1.71 bits per heavy atom. The zero-order valence-corrected chi connectivity index (χ0v) is 17.5. The summed E-state index contributed by atoms with van der Waals surface area (Å²) in [5.74, 6) is 0. The number of carbonyl (C=O) groups excluding carboxylic acids is 1. The van der Waals surface area contributed by atoms with E-state index in [2.05, 4.69) is 43.8 Å². The van der Waals surface area contributed by atoms with Gasteiger partial charge in [0.15, 0.2) is 0 Å². The van der Waals surface area contributed by atoms with Crippen molar-refractivity contribution in [2.75, 3.05) is 26.3 Å². The molecule has 1 fully saturated rings. The van der Waals surface area contributed by atoms with Crippen LogP contribution < -0.4 is 10.6 Å².